The van der Waals surface area contributed by atoms with Crippen molar-refractivity contribution in [2.75, 3.05) is 20.7 Å². The van der Waals surface area contributed by atoms with Crippen LogP contribution in [0, 0.1) is 0 Å². The van der Waals surface area contributed by atoms with Gasteiger partial charge >= 0.3 is 0 Å². The van der Waals surface area contributed by atoms with E-state index in [0.717, 1.165) is 13.0 Å². The molecule has 3 nitrogen and oxygen atoms in total. The second kappa shape index (κ2) is 5.03. The van der Waals surface area contributed by atoms with Crippen molar-refractivity contribution in [3.63, 3.8) is 0 Å². The first-order valence-corrected chi connectivity index (χ1v) is 2.82. The minimum Gasteiger partial charge on any atom is -0.287 e. The molecule has 0 aromatic heterocycles. The Bertz CT molecular complexity index is 47.7. The molecule has 3 heteroatoms. The van der Waals surface area contributed by atoms with E-state index >= 15 is 0 Å². The highest BCUT2D eigenvalue weighted by atomic mass is 16.7. The van der Waals surface area contributed by atoms with Crippen molar-refractivity contribution in [3.8, 4) is 0 Å². The minimum absolute atomic E-state index is 0.762. The van der Waals surface area contributed by atoms with Crippen LogP contribution in [0.15, 0.2) is 0 Å². The summed E-state index contributed by atoms with van der Waals surface area (Å²) in [4.78, 5) is 4.92. The lowest BCUT2D eigenvalue weighted by Gasteiger charge is -2.09. The third-order valence-electron chi connectivity index (χ3n) is 0.553. The first kappa shape index (κ1) is 7.88. The number of rotatable bonds is 4. The Balaban J connectivity index is 2.72. The highest BCUT2D eigenvalue weighted by molar-refractivity contribution is 4.18. The van der Waals surface area contributed by atoms with Crippen molar-refractivity contribution in [1.29, 1.82) is 0 Å². The SMILES string of the molecule is CCCONN(C)C. The molecule has 0 rings (SSSR count). The topological polar surface area (TPSA) is 24.5 Å². The summed E-state index contributed by atoms with van der Waals surface area (Å²) in [5.41, 5.74) is 2.68. The predicted molar refractivity (Wildman–Crippen MR) is 33.1 cm³/mol. The molecule has 0 aliphatic carbocycles. The summed E-state index contributed by atoms with van der Waals surface area (Å²) in [6.45, 7) is 2.83. The lowest BCUT2D eigenvalue weighted by Crippen LogP contribution is -2.30. The number of nitrogens with zero attached hydrogens (tertiary/aromatic N) is 1. The van der Waals surface area contributed by atoms with E-state index in [-0.39, 0.29) is 0 Å². The molecule has 0 atom stereocenters. The first-order valence-electron chi connectivity index (χ1n) is 2.82. The standard InChI is InChI=1S/C5H14N2O/c1-4-5-8-6-7(2)3/h6H,4-5H2,1-3H3. The summed E-state index contributed by atoms with van der Waals surface area (Å²) in [5.74, 6) is 0. The second-order valence-electron chi connectivity index (χ2n) is 1.83. The van der Waals surface area contributed by atoms with Gasteiger partial charge in [-0.25, -0.2) is 5.01 Å². The number of hydrogen-bond donors (Lipinski definition) is 1. The van der Waals surface area contributed by atoms with Crippen LogP contribution in [0.25, 0.3) is 0 Å². The van der Waals surface area contributed by atoms with Crippen LogP contribution in [0.4, 0.5) is 0 Å². The van der Waals surface area contributed by atoms with Crippen molar-refractivity contribution >= 4 is 0 Å². The van der Waals surface area contributed by atoms with Gasteiger partial charge < -0.3 is 0 Å². The Labute approximate surface area is 50.5 Å². The number of hydrogen-bond acceptors (Lipinski definition) is 3. The maximum Gasteiger partial charge on any atom is 0.0696 e. The Morgan fingerprint density at radius 3 is 2.50 bits per heavy atom. The number of hydrazine groups is 1. The maximum atomic E-state index is 4.92. The van der Waals surface area contributed by atoms with Gasteiger partial charge in [-0.15, -0.1) is 5.59 Å². The summed E-state index contributed by atoms with van der Waals surface area (Å²) in [6.07, 6.45) is 1.04. The van der Waals surface area contributed by atoms with E-state index in [4.69, 9.17) is 4.84 Å². The van der Waals surface area contributed by atoms with Crippen LogP contribution in [0.2, 0.25) is 0 Å². The molecule has 50 valence electrons. The molecule has 0 bridgehead atoms. The Morgan fingerprint density at radius 2 is 2.12 bits per heavy atom. The molecule has 0 unspecified atom stereocenters. The molecule has 0 aliphatic rings. The van der Waals surface area contributed by atoms with E-state index in [2.05, 4.69) is 12.5 Å². The third-order valence-corrected chi connectivity index (χ3v) is 0.553. The molecule has 8 heavy (non-hydrogen) atoms. The second-order valence-corrected chi connectivity index (χ2v) is 1.83. The molecular formula is C5H14N2O. The Morgan fingerprint density at radius 1 is 1.50 bits per heavy atom. The Kier molecular flexibility index (Phi) is 4.95. The van der Waals surface area contributed by atoms with Gasteiger partial charge in [0.25, 0.3) is 0 Å². The molecular weight excluding hydrogens is 104 g/mol. The van der Waals surface area contributed by atoms with E-state index in [9.17, 15) is 0 Å². The van der Waals surface area contributed by atoms with Crippen molar-refractivity contribution < 1.29 is 4.84 Å². The van der Waals surface area contributed by atoms with Gasteiger partial charge in [0.1, 0.15) is 0 Å². The van der Waals surface area contributed by atoms with Crippen LogP contribution in [0.1, 0.15) is 13.3 Å². The van der Waals surface area contributed by atoms with Crippen LogP contribution >= 0.6 is 0 Å². The van der Waals surface area contributed by atoms with Crippen LogP contribution in [-0.2, 0) is 4.84 Å². The van der Waals surface area contributed by atoms with Crippen molar-refractivity contribution in [2.24, 2.45) is 0 Å². The average molecular weight is 118 g/mol. The van der Waals surface area contributed by atoms with E-state index in [1.54, 1.807) is 5.01 Å². The van der Waals surface area contributed by atoms with E-state index in [0.29, 0.717) is 0 Å². The molecule has 0 aromatic rings. The Hall–Kier alpha value is -0.120. The van der Waals surface area contributed by atoms with Gasteiger partial charge in [-0.2, -0.15) is 0 Å². The quantitative estimate of drug-likeness (QED) is 0.427. The van der Waals surface area contributed by atoms with Gasteiger partial charge in [0, 0.05) is 14.1 Å². The molecule has 0 amide bonds. The fraction of sp³-hybridized carbons (Fsp3) is 1.00. The van der Waals surface area contributed by atoms with E-state index in [1.165, 1.54) is 0 Å². The van der Waals surface area contributed by atoms with Crippen LogP contribution in [0.5, 0.6) is 0 Å². The molecule has 0 fully saturated rings. The molecule has 0 aliphatic heterocycles. The average Bonchev–Trinajstić information content (AvgIpc) is 1.66. The smallest absolute Gasteiger partial charge is 0.0696 e. The van der Waals surface area contributed by atoms with Gasteiger partial charge in [0.15, 0.2) is 0 Å². The fourth-order valence-corrected chi connectivity index (χ4v) is 0.277. The third kappa shape index (κ3) is 5.88. The summed E-state index contributed by atoms with van der Waals surface area (Å²) in [7, 11) is 3.77. The monoisotopic (exact) mass is 118 g/mol. The van der Waals surface area contributed by atoms with Crippen molar-refractivity contribution in [2.45, 2.75) is 13.3 Å². The molecule has 0 saturated heterocycles. The molecule has 1 N–H and O–H groups in total. The van der Waals surface area contributed by atoms with Gasteiger partial charge in [-0.05, 0) is 6.42 Å². The van der Waals surface area contributed by atoms with E-state index in [1.807, 2.05) is 14.1 Å². The highest BCUT2D eigenvalue weighted by Gasteiger charge is 1.83. The minimum atomic E-state index is 0.762. The lowest BCUT2D eigenvalue weighted by atomic mass is 10.5. The normalized spacial score (nSPS) is 10.5. The molecule has 0 aromatic carbocycles. The predicted octanol–water partition coefficient (Wildman–Crippen LogP) is 0.394. The van der Waals surface area contributed by atoms with Crippen LogP contribution in [-0.4, -0.2) is 25.7 Å². The highest BCUT2D eigenvalue weighted by Crippen LogP contribution is 1.74. The summed E-state index contributed by atoms with van der Waals surface area (Å²) in [5, 5.41) is 1.76. The zero-order valence-corrected chi connectivity index (χ0v) is 5.77. The molecule has 0 radical (unpaired) electrons. The van der Waals surface area contributed by atoms with Crippen molar-refractivity contribution in [3.05, 3.63) is 0 Å². The van der Waals surface area contributed by atoms with Gasteiger partial charge in [0.05, 0.1) is 6.61 Å². The summed E-state index contributed by atoms with van der Waals surface area (Å²) in [6, 6.07) is 0. The number of nitrogens with one attached hydrogen (secondary N) is 1. The molecule has 0 spiro atoms. The van der Waals surface area contributed by atoms with Crippen LogP contribution in [0.3, 0.4) is 0 Å². The van der Waals surface area contributed by atoms with E-state index < -0.39 is 0 Å². The van der Waals surface area contributed by atoms with Crippen molar-refractivity contribution in [1.82, 2.24) is 10.6 Å². The maximum absolute atomic E-state index is 4.92. The first-order chi connectivity index (χ1) is 3.77. The largest absolute Gasteiger partial charge is 0.287 e. The fourth-order valence-electron chi connectivity index (χ4n) is 0.277. The summed E-state index contributed by atoms with van der Waals surface area (Å²) < 4.78 is 0. The lowest BCUT2D eigenvalue weighted by molar-refractivity contribution is -0.0587. The van der Waals surface area contributed by atoms with Gasteiger partial charge in [-0.1, -0.05) is 6.92 Å². The van der Waals surface area contributed by atoms with Crippen LogP contribution < -0.4 is 5.59 Å². The zero-order valence-electron chi connectivity index (χ0n) is 5.77. The summed E-state index contributed by atoms with van der Waals surface area (Å²) >= 11 is 0. The van der Waals surface area contributed by atoms with Gasteiger partial charge in [-0.3, -0.25) is 4.84 Å². The zero-order chi connectivity index (χ0) is 6.41. The molecule has 0 heterocycles. The van der Waals surface area contributed by atoms with Gasteiger partial charge in [0.2, 0.25) is 0 Å². The molecule has 0 saturated carbocycles.